The molecule has 2 aromatic rings. The van der Waals surface area contributed by atoms with Gasteiger partial charge in [-0.3, -0.25) is 4.79 Å². The smallest absolute Gasteiger partial charge is 0.348 e. The molecule has 2 aliphatic heterocycles. The van der Waals surface area contributed by atoms with Crippen molar-refractivity contribution in [3.05, 3.63) is 48.5 Å². The number of hydrogen-bond acceptors (Lipinski definition) is 7. The van der Waals surface area contributed by atoms with Crippen molar-refractivity contribution in [2.75, 3.05) is 38.8 Å². The summed E-state index contributed by atoms with van der Waals surface area (Å²) in [7, 11) is -0.987. The van der Waals surface area contributed by atoms with Crippen LogP contribution in [0.5, 0.6) is 11.5 Å². The van der Waals surface area contributed by atoms with E-state index in [4.69, 9.17) is 14.2 Å². The summed E-state index contributed by atoms with van der Waals surface area (Å²) in [5.74, 6) is -0.391. The molecule has 0 aromatic heterocycles. The zero-order valence-electron chi connectivity index (χ0n) is 18.5. The summed E-state index contributed by atoms with van der Waals surface area (Å²) < 4.78 is 43.4. The Kier molecular flexibility index (Phi) is 6.57. The average molecular weight is 475 g/mol. The number of piperidine rings is 1. The fourth-order valence-corrected chi connectivity index (χ4v) is 5.70. The summed E-state index contributed by atoms with van der Waals surface area (Å²) in [6, 6.07) is 13.2. The molecule has 0 saturated carbocycles. The lowest BCUT2D eigenvalue weighted by Gasteiger charge is -2.38. The van der Waals surface area contributed by atoms with E-state index in [0.717, 1.165) is 0 Å². The highest BCUT2D eigenvalue weighted by Crippen LogP contribution is 2.35. The van der Waals surface area contributed by atoms with E-state index in [2.05, 4.69) is 0 Å². The number of benzene rings is 2. The van der Waals surface area contributed by atoms with Crippen LogP contribution < -0.4 is 14.4 Å². The maximum Gasteiger partial charge on any atom is 0.348 e. The molecular formula is C23H26N2O7S. The molecule has 2 aromatic carbocycles. The van der Waals surface area contributed by atoms with Crippen LogP contribution in [0, 0.1) is 5.92 Å². The van der Waals surface area contributed by atoms with Crippen molar-refractivity contribution in [1.82, 2.24) is 4.31 Å². The van der Waals surface area contributed by atoms with Crippen LogP contribution in [0.25, 0.3) is 0 Å². The Morgan fingerprint density at radius 3 is 2.45 bits per heavy atom. The molecule has 2 aliphatic rings. The highest BCUT2D eigenvalue weighted by Gasteiger charge is 2.40. The van der Waals surface area contributed by atoms with E-state index in [1.807, 2.05) is 0 Å². The molecular weight excluding hydrogens is 448 g/mol. The molecule has 0 aliphatic carbocycles. The van der Waals surface area contributed by atoms with Gasteiger partial charge < -0.3 is 19.1 Å². The number of carbonyl (C=O) groups is 2. The van der Waals surface area contributed by atoms with Gasteiger partial charge in [0.05, 0.1) is 37.3 Å². The van der Waals surface area contributed by atoms with E-state index >= 15 is 0 Å². The van der Waals surface area contributed by atoms with Crippen molar-refractivity contribution in [3.8, 4) is 11.5 Å². The Hall–Kier alpha value is -3.11. The Morgan fingerprint density at radius 1 is 1.03 bits per heavy atom. The molecule has 1 saturated heterocycles. The monoisotopic (exact) mass is 474 g/mol. The number of rotatable bonds is 5. The number of para-hydroxylation sites is 2. The van der Waals surface area contributed by atoms with Gasteiger partial charge in [0.25, 0.3) is 0 Å². The first-order chi connectivity index (χ1) is 15.8. The number of ether oxygens (including phenoxy) is 3. The fraction of sp³-hybridized carbons (Fsp3) is 0.391. The number of methoxy groups -OCH3 is 2. The third-order valence-electron chi connectivity index (χ3n) is 5.93. The first-order valence-electron chi connectivity index (χ1n) is 10.6. The first-order valence-corrected chi connectivity index (χ1v) is 12.1. The second-order valence-electron chi connectivity index (χ2n) is 7.92. The largest absolute Gasteiger partial charge is 0.497 e. The molecule has 2 atom stereocenters. The highest BCUT2D eigenvalue weighted by atomic mass is 32.2. The number of sulfonamides is 1. The van der Waals surface area contributed by atoms with Crippen LogP contribution in [0.15, 0.2) is 53.4 Å². The molecule has 1 amide bonds. The normalized spacial score (nSPS) is 21.0. The number of carbonyl (C=O) groups excluding carboxylic acids is 2. The van der Waals surface area contributed by atoms with Gasteiger partial charge in [-0.2, -0.15) is 4.31 Å². The maximum atomic E-state index is 13.5. The van der Waals surface area contributed by atoms with Gasteiger partial charge in [-0.25, -0.2) is 13.2 Å². The SMILES string of the molecule is COC(=O)C1CN(C(=O)C2CCCN(S(=O)(=O)c3ccc(OC)cc3)C2)c2ccccc2O1. The molecule has 33 heavy (non-hydrogen) atoms. The lowest BCUT2D eigenvalue weighted by Crippen LogP contribution is -2.52. The van der Waals surface area contributed by atoms with Gasteiger partial charge in [-0.1, -0.05) is 12.1 Å². The molecule has 1 fully saturated rings. The topological polar surface area (TPSA) is 102 Å². The van der Waals surface area contributed by atoms with Crippen LogP contribution in [0.1, 0.15) is 12.8 Å². The lowest BCUT2D eigenvalue weighted by molar-refractivity contribution is -0.148. The lowest BCUT2D eigenvalue weighted by atomic mass is 9.97. The summed E-state index contributed by atoms with van der Waals surface area (Å²) in [5, 5.41) is 0. The zero-order chi connectivity index (χ0) is 23.6. The summed E-state index contributed by atoms with van der Waals surface area (Å²) in [5.41, 5.74) is 0.554. The molecule has 0 radical (unpaired) electrons. The zero-order valence-corrected chi connectivity index (χ0v) is 19.3. The number of hydrogen-bond donors (Lipinski definition) is 0. The van der Waals surface area contributed by atoms with Crippen molar-refractivity contribution in [1.29, 1.82) is 0 Å². The molecule has 0 bridgehead atoms. The van der Waals surface area contributed by atoms with E-state index < -0.39 is 28.0 Å². The van der Waals surface area contributed by atoms with Crippen LogP contribution in [0.2, 0.25) is 0 Å². The molecule has 10 heteroatoms. The van der Waals surface area contributed by atoms with Gasteiger partial charge in [0, 0.05) is 13.1 Å². The van der Waals surface area contributed by atoms with Crippen molar-refractivity contribution in [3.63, 3.8) is 0 Å². The van der Waals surface area contributed by atoms with Crippen LogP contribution in [0.4, 0.5) is 5.69 Å². The molecule has 2 unspecified atom stereocenters. The number of esters is 1. The van der Waals surface area contributed by atoms with E-state index in [9.17, 15) is 18.0 Å². The molecule has 9 nitrogen and oxygen atoms in total. The van der Waals surface area contributed by atoms with Gasteiger partial charge in [0.1, 0.15) is 11.5 Å². The van der Waals surface area contributed by atoms with Crippen molar-refractivity contribution in [2.24, 2.45) is 5.92 Å². The van der Waals surface area contributed by atoms with Crippen LogP contribution >= 0.6 is 0 Å². The quantitative estimate of drug-likeness (QED) is 0.611. The summed E-state index contributed by atoms with van der Waals surface area (Å²) in [4.78, 5) is 27.3. The van der Waals surface area contributed by atoms with Crippen molar-refractivity contribution < 1.29 is 32.2 Å². The molecule has 176 valence electrons. The minimum absolute atomic E-state index is 0.00422. The standard InChI is InChI=1S/C23H26N2O7S/c1-30-17-9-11-18(12-10-17)33(28,29)24-13-5-6-16(14-24)22(26)25-15-21(23(27)31-2)32-20-8-4-3-7-19(20)25/h3-4,7-12,16,21H,5-6,13-15H2,1-2H3. The van der Waals surface area contributed by atoms with Gasteiger partial charge in [-0.15, -0.1) is 0 Å². The average Bonchev–Trinajstić information content (AvgIpc) is 2.87. The minimum Gasteiger partial charge on any atom is -0.497 e. The predicted octanol–water partition coefficient (Wildman–Crippen LogP) is 2.06. The number of amides is 1. The third kappa shape index (κ3) is 4.53. The van der Waals surface area contributed by atoms with Gasteiger partial charge in [0.2, 0.25) is 22.0 Å². The maximum absolute atomic E-state index is 13.5. The second-order valence-corrected chi connectivity index (χ2v) is 9.86. The molecule has 2 heterocycles. The first kappa shape index (κ1) is 23.1. The Morgan fingerprint density at radius 2 is 1.76 bits per heavy atom. The fourth-order valence-electron chi connectivity index (χ4n) is 4.18. The molecule has 4 rings (SSSR count). The summed E-state index contributed by atoms with van der Waals surface area (Å²) in [6.07, 6.45) is 0.158. The Labute approximate surface area is 192 Å². The van der Waals surface area contributed by atoms with E-state index in [-0.39, 0.29) is 23.9 Å². The van der Waals surface area contributed by atoms with E-state index in [1.165, 1.54) is 35.6 Å². The Bertz CT molecular complexity index is 1130. The summed E-state index contributed by atoms with van der Waals surface area (Å²) >= 11 is 0. The molecule has 0 spiro atoms. The van der Waals surface area contributed by atoms with Gasteiger partial charge in [-0.05, 0) is 49.2 Å². The summed E-state index contributed by atoms with van der Waals surface area (Å²) in [6.45, 7) is 0.405. The van der Waals surface area contributed by atoms with Crippen LogP contribution in [-0.2, 0) is 24.3 Å². The molecule has 0 N–H and O–H groups in total. The minimum atomic E-state index is -3.76. The number of fused-ring (bicyclic) bond motifs is 1. The Balaban J connectivity index is 1.56. The van der Waals surface area contributed by atoms with Crippen LogP contribution in [0.3, 0.4) is 0 Å². The van der Waals surface area contributed by atoms with E-state index in [0.29, 0.717) is 36.6 Å². The van der Waals surface area contributed by atoms with Gasteiger partial charge >= 0.3 is 5.97 Å². The number of anilines is 1. The predicted molar refractivity (Wildman–Crippen MR) is 120 cm³/mol. The third-order valence-corrected chi connectivity index (χ3v) is 7.81. The highest BCUT2D eigenvalue weighted by molar-refractivity contribution is 7.89. The van der Waals surface area contributed by atoms with Gasteiger partial charge in [0.15, 0.2) is 0 Å². The number of nitrogens with zero attached hydrogens (tertiary/aromatic N) is 2. The van der Waals surface area contributed by atoms with Crippen molar-refractivity contribution in [2.45, 2.75) is 23.8 Å². The second kappa shape index (κ2) is 9.40. The van der Waals surface area contributed by atoms with E-state index in [1.54, 1.807) is 36.4 Å². The van der Waals surface area contributed by atoms with Crippen LogP contribution in [-0.4, -0.2) is 64.6 Å². The van der Waals surface area contributed by atoms with Crippen molar-refractivity contribution >= 4 is 27.6 Å².